The molecule has 2 heterocycles. The van der Waals surface area contributed by atoms with Crippen LogP contribution in [0.3, 0.4) is 0 Å². The van der Waals surface area contributed by atoms with E-state index in [2.05, 4.69) is 22.0 Å². The minimum absolute atomic E-state index is 0.0360. The monoisotopic (exact) mass is 589 g/mol. The lowest BCUT2D eigenvalue weighted by Gasteiger charge is -2.30. The third kappa shape index (κ3) is 3.97. The van der Waals surface area contributed by atoms with Crippen LogP contribution in [0.15, 0.2) is 80.5 Å². The molecule has 0 amide bonds. The van der Waals surface area contributed by atoms with Crippen molar-refractivity contribution in [1.29, 1.82) is 0 Å². The molecule has 1 atom stereocenters. The Morgan fingerprint density at radius 1 is 1.18 bits per heavy atom. The smallest absolute Gasteiger partial charge is 0.271 e. The highest BCUT2D eigenvalue weighted by Crippen LogP contribution is 2.41. The van der Waals surface area contributed by atoms with E-state index < -0.39 is 11.0 Å². The van der Waals surface area contributed by atoms with Crippen LogP contribution < -0.4 is 19.6 Å². The zero-order valence-corrected chi connectivity index (χ0v) is 22.5. The molecule has 38 heavy (non-hydrogen) atoms. The van der Waals surface area contributed by atoms with Crippen molar-refractivity contribution >= 4 is 44.7 Å². The average molecular weight is 590 g/mol. The van der Waals surface area contributed by atoms with Gasteiger partial charge >= 0.3 is 0 Å². The van der Waals surface area contributed by atoms with Crippen LogP contribution in [-0.2, 0) is 6.42 Å². The first-order valence-electron chi connectivity index (χ1n) is 11.8. The van der Waals surface area contributed by atoms with Gasteiger partial charge in [0.1, 0.15) is 0 Å². The van der Waals surface area contributed by atoms with Crippen molar-refractivity contribution in [3.05, 3.63) is 123 Å². The number of aromatic nitrogens is 1. The summed E-state index contributed by atoms with van der Waals surface area (Å²) in [5.74, 6) is 0.199. The topological polar surface area (TPSA) is 107 Å². The van der Waals surface area contributed by atoms with Gasteiger partial charge in [-0.2, -0.15) is 0 Å². The Hall–Kier alpha value is -4.02. The third-order valence-corrected chi connectivity index (χ3v) is 8.29. The van der Waals surface area contributed by atoms with Crippen molar-refractivity contribution in [1.82, 2.24) is 4.57 Å². The molecular weight excluding hydrogens is 570 g/mol. The molecule has 8 nitrogen and oxygen atoms in total. The molecule has 1 aliphatic heterocycles. The van der Waals surface area contributed by atoms with Crippen molar-refractivity contribution in [2.45, 2.75) is 18.9 Å². The summed E-state index contributed by atoms with van der Waals surface area (Å²) in [4.78, 5) is 30.5. The maximum atomic E-state index is 13.9. The fourth-order valence-corrected chi connectivity index (χ4v) is 6.58. The zero-order valence-electron chi connectivity index (χ0n) is 20.1. The number of aryl methyl sites for hydroxylation is 1. The molecule has 6 rings (SSSR count). The number of aromatic hydroxyl groups is 1. The van der Waals surface area contributed by atoms with Crippen molar-refractivity contribution < 1.29 is 14.8 Å². The number of thiazole rings is 1. The van der Waals surface area contributed by atoms with E-state index in [0.717, 1.165) is 23.3 Å². The Morgan fingerprint density at radius 2 is 2.00 bits per heavy atom. The molecular formula is C28H20BrN3O5S. The SMILES string of the molecule is COc1cc(Br)cc(/C=c2\sc3n(c2=O)[C@@H](c2cccc([N+](=O)[O-])c2)C2=C(N=3)c3ccccc3CC2)c1O. The molecule has 1 N–H and O–H groups in total. The maximum Gasteiger partial charge on any atom is 0.271 e. The van der Waals surface area contributed by atoms with Crippen LogP contribution in [0.5, 0.6) is 11.5 Å². The van der Waals surface area contributed by atoms with E-state index in [1.807, 2.05) is 24.3 Å². The highest BCUT2D eigenvalue weighted by Gasteiger charge is 2.33. The van der Waals surface area contributed by atoms with E-state index in [9.17, 15) is 20.0 Å². The summed E-state index contributed by atoms with van der Waals surface area (Å²) >= 11 is 4.64. The van der Waals surface area contributed by atoms with Gasteiger partial charge in [0, 0.05) is 27.7 Å². The normalized spacial score (nSPS) is 16.4. The fourth-order valence-electron chi connectivity index (χ4n) is 5.13. The van der Waals surface area contributed by atoms with Gasteiger partial charge in [0.05, 0.1) is 28.3 Å². The number of halogens is 1. The van der Waals surface area contributed by atoms with Crippen molar-refractivity contribution in [2.24, 2.45) is 4.99 Å². The summed E-state index contributed by atoms with van der Waals surface area (Å²) in [7, 11) is 1.46. The van der Waals surface area contributed by atoms with Crippen LogP contribution in [0.4, 0.5) is 5.69 Å². The number of phenolic OH excluding ortho intramolecular Hbond substituents is 1. The van der Waals surface area contributed by atoms with Gasteiger partial charge in [0.25, 0.3) is 11.2 Å². The molecule has 0 saturated heterocycles. The highest BCUT2D eigenvalue weighted by atomic mass is 79.9. The summed E-state index contributed by atoms with van der Waals surface area (Å²) in [6, 6.07) is 17.3. The minimum atomic E-state index is -0.540. The number of nitro groups is 1. The number of methoxy groups -OCH3 is 1. The summed E-state index contributed by atoms with van der Waals surface area (Å²) in [5.41, 5.74) is 4.70. The molecule has 4 aromatic rings. The predicted molar refractivity (Wildman–Crippen MR) is 148 cm³/mol. The van der Waals surface area contributed by atoms with E-state index in [1.54, 1.807) is 28.8 Å². The van der Waals surface area contributed by atoms with Crippen molar-refractivity contribution in [3.63, 3.8) is 0 Å². The van der Waals surface area contributed by atoms with Crippen molar-refractivity contribution in [2.75, 3.05) is 7.11 Å². The lowest BCUT2D eigenvalue weighted by atomic mass is 9.83. The number of ether oxygens (including phenoxy) is 1. The average Bonchev–Trinajstić information content (AvgIpc) is 3.23. The molecule has 0 radical (unpaired) electrons. The Morgan fingerprint density at radius 3 is 2.79 bits per heavy atom. The third-order valence-electron chi connectivity index (χ3n) is 6.85. The summed E-state index contributed by atoms with van der Waals surface area (Å²) < 4.78 is 7.94. The number of benzene rings is 3. The standard InChI is InChI=1S/C28H20BrN3O5S/c1-37-22-14-18(29)11-17(26(22)33)13-23-27(34)31-25(16-6-4-7-19(12-16)32(35)36)21-10-9-15-5-2-3-8-20(15)24(21)30-28(31)38-23/h2-8,11-14,25,33H,9-10H2,1H3/b23-13-/t25-/m0/s1. The van der Waals surface area contributed by atoms with E-state index in [4.69, 9.17) is 9.73 Å². The number of allylic oxidation sites excluding steroid dienone is 1. The predicted octanol–water partition coefficient (Wildman–Crippen LogP) is 4.70. The number of hydrogen-bond acceptors (Lipinski definition) is 7. The van der Waals surface area contributed by atoms with Gasteiger partial charge in [0.15, 0.2) is 16.3 Å². The Balaban J connectivity index is 1.63. The molecule has 10 heteroatoms. The molecule has 1 aliphatic carbocycles. The lowest BCUT2D eigenvalue weighted by Crippen LogP contribution is -2.38. The Labute approximate surface area is 228 Å². The van der Waals surface area contributed by atoms with Gasteiger partial charge in [-0.05, 0) is 47.8 Å². The largest absolute Gasteiger partial charge is 0.504 e. The first-order valence-corrected chi connectivity index (χ1v) is 13.4. The molecule has 2 aliphatic rings. The van der Waals surface area contributed by atoms with Gasteiger partial charge in [-0.3, -0.25) is 19.5 Å². The number of non-ortho nitro benzene ring substituents is 1. The van der Waals surface area contributed by atoms with Gasteiger partial charge in [-0.1, -0.05) is 63.7 Å². The second-order valence-electron chi connectivity index (χ2n) is 9.01. The first kappa shape index (κ1) is 24.3. The van der Waals surface area contributed by atoms with E-state index in [0.29, 0.717) is 31.4 Å². The van der Waals surface area contributed by atoms with E-state index in [-0.39, 0.29) is 22.7 Å². The highest BCUT2D eigenvalue weighted by molar-refractivity contribution is 9.10. The van der Waals surface area contributed by atoms with Crippen LogP contribution in [0.1, 0.15) is 34.7 Å². The van der Waals surface area contributed by atoms with Crippen LogP contribution >= 0.6 is 27.3 Å². The molecule has 0 bridgehead atoms. The summed E-state index contributed by atoms with van der Waals surface area (Å²) in [6.07, 6.45) is 3.08. The molecule has 190 valence electrons. The number of phenols is 1. The van der Waals surface area contributed by atoms with Crippen LogP contribution in [-0.4, -0.2) is 21.7 Å². The molecule has 3 aromatic carbocycles. The van der Waals surface area contributed by atoms with Gasteiger partial charge in [-0.25, -0.2) is 4.99 Å². The van der Waals surface area contributed by atoms with Gasteiger partial charge in [-0.15, -0.1) is 0 Å². The van der Waals surface area contributed by atoms with E-state index in [1.165, 1.54) is 36.1 Å². The molecule has 1 aromatic heterocycles. The summed E-state index contributed by atoms with van der Waals surface area (Å²) in [5, 5.41) is 22.3. The number of nitro benzene ring substituents is 1. The molecule has 0 spiro atoms. The molecule has 0 saturated carbocycles. The lowest BCUT2D eigenvalue weighted by molar-refractivity contribution is -0.384. The second-order valence-corrected chi connectivity index (χ2v) is 10.9. The number of nitrogens with zero attached hydrogens (tertiary/aromatic N) is 3. The zero-order chi connectivity index (χ0) is 26.6. The van der Waals surface area contributed by atoms with Crippen molar-refractivity contribution in [3.8, 4) is 11.5 Å². The second kappa shape index (κ2) is 9.38. The minimum Gasteiger partial charge on any atom is -0.504 e. The first-order chi connectivity index (χ1) is 18.4. The Bertz CT molecular complexity index is 1860. The Kier molecular flexibility index (Phi) is 6.00. The molecule has 0 fully saturated rings. The molecule has 0 unspecified atom stereocenters. The van der Waals surface area contributed by atoms with Gasteiger partial charge in [0.2, 0.25) is 0 Å². The van der Waals surface area contributed by atoms with E-state index >= 15 is 0 Å². The number of hydrogen-bond donors (Lipinski definition) is 1. The fraction of sp³-hybridized carbons (Fsp3) is 0.143. The quantitative estimate of drug-likeness (QED) is 0.274. The van der Waals surface area contributed by atoms with Crippen LogP contribution in [0.25, 0.3) is 11.8 Å². The number of rotatable bonds is 4. The van der Waals surface area contributed by atoms with Gasteiger partial charge < -0.3 is 9.84 Å². The maximum absolute atomic E-state index is 13.9. The van der Waals surface area contributed by atoms with Crippen LogP contribution in [0, 0.1) is 10.1 Å². The summed E-state index contributed by atoms with van der Waals surface area (Å²) in [6.45, 7) is 0. The van der Waals surface area contributed by atoms with Crippen LogP contribution in [0.2, 0.25) is 0 Å². The number of fused-ring (bicyclic) bond motifs is 3.